The van der Waals surface area contributed by atoms with Crippen molar-refractivity contribution in [1.82, 2.24) is 24.5 Å². The van der Waals surface area contributed by atoms with Crippen LogP contribution in [0.1, 0.15) is 30.0 Å². The zero-order valence-electron chi connectivity index (χ0n) is 14.1. The van der Waals surface area contributed by atoms with Crippen molar-refractivity contribution in [2.75, 3.05) is 0 Å². The molecule has 2 aromatic heterocycles. The summed E-state index contributed by atoms with van der Waals surface area (Å²) in [5.74, 6) is -0.221. The third kappa shape index (κ3) is 1.55. The lowest BCUT2D eigenvalue weighted by Gasteiger charge is -2.35. The average Bonchev–Trinajstić information content (AvgIpc) is 3.35. The number of aromatic nitrogens is 5. The molecule has 2 N–H and O–H groups in total. The number of rotatable bonds is 3. The number of nitrogens with zero attached hydrogens (tertiary/aromatic N) is 3. The number of allylic oxidation sites excluding steroid dienone is 3. The highest BCUT2D eigenvalue weighted by Crippen LogP contribution is 2.60. The molecular weight excluding hydrogens is 330 g/mol. The Morgan fingerprint density at radius 2 is 1.92 bits per heavy atom. The molecule has 5 rings (SSSR count). The molecule has 0 radical (unpaired) electrons. The quantitative estimate of drug-likeness (QED) is 0.708. The predicted octanol–water partition coefficient (Wildman–Crippen LogP) is 1.77. The normalized spacial score (nSPS) is 25.6. The first kappa shape index (κ1) is 14.9. The maximum Gasteiger partial charge on any atom is 0.352 e. The van der Waals surface area contributed by atoms with Gasteiger partial charge in [0.05, 0.1) is 11.9 Å². The minimum Gasteiger partial charge on any atom is -0.282 e. The Bertz CT molecular complexity index is 1150. The van der Waals surface area contributed by atoms with E-state index in [1.54, 1.807) is 30.5 Å². The topological polar surface area (TPSA) is 88.5 Å². The number of hydrogen-bond donors (Lipinski definition) is 2. The lowest BCUT2D eigenvalue weighted by atomic mass is 9.79. The molecular formula is C19H17N5O2. The zero-order valence-corrected chi connectivity index (χ0v) is 14.1. The van der Waals surface area contributed by atoms with Crippen LogP contribution in [0.4, 0.5) is 0 Å². The molecule has 3 unspecified atom stereocenters. The van der Waals surface area contributed by atoms with Crippen LogP contribution in [0.3, 0.4) is 0 Å². The van der Waals surface area contributed by atoms with Gasteiger partial charge < -0.3 is 0 Å². The van der Waals surface area contributed by atoms with Crippen LogP contribution < -0.4 is 11.4 Å². The number of nitrogens with one attached hydrogen (secondary N) is 2. The lowest BCUT2D eigenvalue weighted by Crippen LogP contribution is -2.46. The summed E-state index contributed by atoms with van der Waals surface area (Å²) < 4.78 is 2.61. The van der Waals surface area contributed by atoms with Gasteiger partial charge in [0.15, 0.2) is 0 Å². The van der Waals surface area contributed by atoms with E-state index < -0.39 is 16.9 Å². The van der Waals surface area contributed by atoms with Gasteiger partial charge in [-0.1, -0.05) is 42.5 Å². The summed E-state index contributed by atoms with van der Waals surface area (Å²) in [4.78, 5) is 25.9. The maximum atomic E-state index is 13.3. The average molecular weight is 347 g/mol. The first-order valence-corrected chi connectivity index (χ1v) is 8.44. The summed E-state index contributed by atoms with van der Waals surface area (Å²) in [6, 6.07) is 8.91. The van der Waals surface area contributed by atoms with E-state index in [1.165, 1.54) is 4.68 Å². The predicted molar refractivity (Wildman–Crippen MR) is 96.6 cm³/mol. The Morgan fingerprint density at radius 1 is 1.19 bits per heavy atom. The second-order valence-corrected chi connectivity index (χ2v) is 6.89. The Labute approximate surface area is 148 Å². The molecule has 0 aliphatic heterocycles. The molecule has 2 bridgehead atoms. The van der Waals surface area contributed by atoms with Gasteiger partial charge in [0, 0.05) is 23.1 Å². The molecule has 0 saturated heterocycles. The minimum absolute atomic E-state index is 0.0984. The fourth-order valence-corrected chi connectivity index (χ4v) is 4.60. The van der Waals surface area contributed by atoms with Crippen LogP contribution >= 0.6 is 0 Å². The Balaban J connectivity index is 1.79. The van der Waals surface area contributed by atoms with Crippen molar-refractivity contribution in [2.24, 2.45) is 0 Å². The largest absolute Gasteiger partial charge is 0.352 e. The third-order valence-corrected chi connectivity index (χ3v) is 5.65. The molecule has 2 heterocycles. The van der Waals surface area contributed by atoms with Crippen molar-refractivity contribution in [3.8, 4) is 5.69 Å². The van der Waals surface area contributed by atoms with Crippen LogP contribution in [0, 0.1) is 0 Å². The van der Waals surface area contributed by atoms with Crippen molar-refractivity contribution in [3.63, 3.8) is 0 Å². The number of benzene rings is 1. The number of H-pyrrole nitrogens is 2. The monoisotopic (exact) mass is 347 g/mol. The lowest BCUT2D eigenvalue weighted by molar-refractivity contribution is 0.279. The third-order valence-electron chi connectivity index (χ3n) is 5.65. The molecule has 0 spiro atoms. The molecule has 26 heavy (non-hydrogen) atoms. The van der Waals surface area contributed by atoms with E-state index in [4.69, 9.17) is 0 Å². The van der Waals surface area contributed by atoms with Crippen LogP contribution in [-0.4, -0.2) is 24.5 Å². The smallest absolute Gasteiger partial charge is 0.282 e. The van der Waals surface area contributed by atoms with Gasteiger partial charge in [-0.3, -0.25) is 5.10 Å². The molecule has 2 aliphatic rings. The summed E-state index contributed by atoms with van der Waals surface area (Å²) in [6.45, 7) is 6.08. The van der Waals surface area contributed by atoms with Gasteiger partial charge in [0.1, 0.15) is 5.54 Å². The second kappa shape index (κ2) is 4.85. The number of aromatic amines is 2. The molecule has 130 valence electrons. The molecule has 0 amide bonds. The summed E-state index contributed by atoms with van der Waals surface area (Å²) in [6.07, 6.45) is 5.92. The van der Waals surface area contributed by atoms with Crippen molar-refractivity contribution in [3.05, 3.63) is 93.1 Å². The van der Waals surface area contributed by atoms with Gasteiger partial charge in [-0.2, -0.15) is 5.10 Å². The first-order valence-electron chi connectivity index (χ1n) is 8.44. The van der Waals surface area contributed by atoms with Gasteiger partial charge in [0.2, 0.25) is 0 Å². The van der Waals surface area contributed by atoms with Crippen LogP contribution in [0.5, 0.6) is 0 Å². The van der Waals surface area contributed by atoms with E-state index in [2.05, 4.69) is 34.0 Å². The molecule has 0 saturated carbocycles. The van der Waals surface area contributed by atoms with E-state index in [9.17, 15) is 9.59 Å². The molecule has 3 atom stereocenters. The molecule has 1 aromatic carbocycles. The summed E-state index contributed by atoms with van der Waals surface area (Å²) in [5.41, 5.74) is 1.73. The van der Waals surface area contributed by atoms with E-state index >= 15 is 0 Å². The van der Waals surface area contributed by atoms with Crippen molar-refractivity contribution in [2.45, 2.75) is 24.3 Å². The van der Waals surface area contributed by atoms with E-state index in [0.29, 0.717) is 5.69 Å². The zero-order chi connectivity index (χ0) is 18.1. The van der Waals surface area contributed by atoms with Gasteiger partial charge in [-0.15, -0.1) is 0 Å². The molecule has 7 nitrogen and oxygen atoms in total. The van der Waals surface area contributed by atoms with Crippen LogP contribution in [0.2, 0.25) is 0 Å². The Morgan fingerprint density at radius 3 is 2.62 bits per heavy atom. The van der Waals surface area contributed by atoms with Crippen LogP contribution in [-0.2, 0) is 5.54 Å². The number of para-hydroxylation sites is 1. The second-order valence-electron chi connectivity index (χ2n) is 6.89. The van der Waals surface area contributed by atoms with Gasteiger partial charge in [-0.25, -0.2) is 23.9 Å². The van der Waals surface area contributed by atoms with Gasteiger partial charge in [-0.05, 0) is 19.1 Å². The number of hydrogen-bond acceptors (Lipinski definition) is 3. The molecule has 0 fully saturated rings. The summed E-state index contributed by atoms with van der Waals surface area (Å²) in [5, 5.41) is 9.96. The number of fused-ring (bicyclic) bond motifs is 5. The molecule has 3 aromatic rings. The highest BCUT2D eigenvalue weighted by Gasteiger charge is 2.59. The highest BCUT2D eigenvalue weighted by atomic mass is 16.2. The SMILES string of the molecule is C=C(C)C1(n2[nH]c(=O)n(-c3ccccc3)c2=O)C2C=CC1c1[nH]ncc12. The molecule has 7 heteroatoms. The van der Waals surface area contributed by atoms with E-state index in [1.807, 2.05) is 13.0 Å². The summed E-state index contributed by atoms with van der Waals surface area (Å²) in [7, 11) is 0. The minimum atomic E-state index is -0.764. The van der Waals surface area contributed by atoms with Crippen molar-refractivity contribution in [1.29, 1.82) is 0 Å². The Kier molecular flexibility index (Phi) is 2.79. The highest BCUT2D eigenvalue weighted by molar-refractivity contribution is 5.54. The van der Waals surface area contributed by atoms with Crippen LogP contribution in [0.15, 0.2) is 70.4 Å². The summed E-state index contributed by atoms with van der Waals surface area (Å²) >= 11 is 0. The van der Waals surface area contributed by atoms with E-state index in [-0.39, 0.29) is 11.8 Å². The fourth-order valence-electron chi connectivity index (χ4n) is 4.60. The van der Waals surface area contributed by atoms with Gasteiger partial charge >= 0.3 is 11.4 Å². The molecule has 2 aliphatic carbocycles. The van der Waals surface area contributed by atoms with Crippen LogP contribution in [0.25, 0.3) is 5.69 Å². The first-order chi connectivity index (χ1) is 12.6. The fraction of sp³-hybridized carbons (Fsp3) is 0.211. The standard InChI is InChI=1S/C19H17N5O2/c1-11(2)19(14-8-9-15(19)16-13(14)10-20-21-16)24-18(26)23(17(25)22-24)12-6-4-3-5-7-12/h3-10,14-15H,1H2,2H3,(H,20,21)(H,22,25). The van der Waals surface area contributed by atoms with Crippen molar-refractivity contribution >= 4 is 0 Å². The van der Waals surface area contributed by atoms with Crippen molar-refractivity contribution < 1.29 is 0 Å². The van der Waals surface area contributed by atoms with Gasteiger partial charge in [0.25, 0.3) is 0 Å². The Hall–Kier alpha value is -3.35. The maximum absolute atomic E-state index is 13.3. The van der Waals surface area contributed by atoms with E-state index in [0.717, 1.165) is 21.4 Å².